The van der Waals surface area contributed by atoms with E-state index in [1.807, 2.05) is 19.9 Å². The second kappa shape index (κ2) is 7.15. The van der Waals surface area contributed by atoms with Gasteiger partial charge in [-0.2, -0.15) is 15.1 Å². The molecule has 1 aromatic carbocycles. The first kappa shape index (κ1) is 19.4. The predicted octanol–water partition coefficient (Wildman–Crippen LogP) is 4.74. The highest BCUT2D eigenvalue weighted by Gasteiger charge is 2.35. The van der Waals surface area contributed by atoms with Gasteiger partial charge in [0.1, 0.15) is 5.04 Å². The van der Waals surface area contributed by atoms with Crippen molar-refractivity contribution >= 4 is 39.8 Å². The summed E-state index contributed by atoms with van der Waals surface area (Å²) >= 11 is 1.35. The molecule has 0 spiro atoms. The van der Waals surface area contributed by atoms with Crippen LogP contribution in [0.15, 0.2) is 39.9 Å². The van der Waals surface area contributed by atoms with Crippen LogP contribution in [0.5, 0.6) is 0 Å². The number of nitrogens with one attached hydrogen (secondary N) is 1. The number of aromatic nitrogens is 1. The average Bonchev–Trinajstić information content (AvgIpc) is 3.22. The van der Waals surface area contributed by atoms with Gasteiger partial charge in [-0.3, -0.25) is 10.2 Å². The van der Waals surface area contributed by atoms with Crippen LogP contribution in [0.4, 0.5) is 0 Å². The van der Waals surface area contributed by atoms with E-state index in [4.69, 9.17) is 5.41 Å². The number of amides is 1. The van der Waals surface area contributed by atoms with Crippen LogP contribution in [-0.2, 0) is 4.79 Å². The number of aliphatic imine (C=N–C) groups is 1. The zero-order chi connectivity index (χ0) is 20.9. The summed E-state index contributed by atoms with van der Waals surface area (Å²) in [4.78, 5) is 16.8. The van der Waals surface area contributed by atoms with Crippen molar-refractivity contribution in [2.75, 3.05) is 0 Å². The van der Waals surface area contributed by atoms with Gasteiger partial charge in [-0.25, -0.2) is 0 Å². The monoisotopic (exact) mass is 405 g/mol. The third-order valence-electron chi connectivity index (χ3n) is 5.39. The van der Waals surface area contributed by atoms with Crippen molar-refractivity contribution in [2.24, 2.45) is 10.1 Å². The minimum atomic E-state index is -0.391. The molecule has 2 aliphatic rings. The van der Waals surface area contributed by atoms with E-state index in [9.17, 15) is 4.79 Å². The van der Waals surface area contributed by atoms with Crippen LogP contribution in [0.3, 0.4) is 0 Å². The Kier molecular flexibility index (Phi) is 4.78. The molecule has 0 aliphatic carbocycles. The molecule has 7 heteroatoms. The van der Waals surface area contributed by atoms with Crippen molar-refractivity contribution in [1.29, 1.82) is 5.41 Å². The Morgan fingerprint density at radius 2 is 1.97 bits per heavy atom. The fraction of sp³-hybridized carbons (Fsp3) is 0.273. The zero-order valence-corrected chi connectivity index (χ0v) is 18.0. The number of rotatable bonds is 3. The van der Waals surface area contributed by atoms with E-state index in [0.717, 1.165) is 34.1 Å². The van der Waals surface area contributed by atoms with Crippen molar-refractivity contribution in [1.82, 2.24) is 9.58 Å². The maximum atomic E-state index is 12.6. The molecule has 0 unspecified atom stereocenters. The molecule has 1 aromatic heterocycles. The summed E-state index contributed by atoms with van der Waals surface area (Å²) in [6.07, 6.45) is 2.51. The molecule has 3 heterocycles. The van der Waals surface area contributed by atoms with Gasteiger partial charge in [0.25, 0.3) is 5.91 Å². The molecule has 1 N–H and O–H groups in total. The maximum Gasteiger partial charge on any atom is 0.283 e. The number of amidine groups is 2. The summed E-state index contributed by atoms with van der Waals surface area (Å²) in [7, 11) is 0. The molecule has 0 radical (unpaired) electrons. The Morgan fingerprint density at radius 1 is 1.21 bits per heavy atom. The van der Waals surface area contributed by atoms with Crippen LogP contribution in [0.25, 0.3) is 11.8 Å². The van der Waals surface area contributed by atoms with Crippen molar-refractivity contribution in [3.8, 4) is 5.69 Å². The molecule has 148 valence electrons. The summed E-state index contributed by atoms with van der Waals surface area (Å²) in [5.41, 5.74) is 6.84. The normalized spacial score (nSPS) is 17.7. The van der Waals surface area contributed by atoms with Gasteiger partial charge in [0.15, 0.2) is 5.84 Å². The second-order valence-corrected chi connectivity index (χ2v) is 8.29. The van der Waals surface area contributed by atoms with E-state index in [1.165, 1.54) is 27.9 Å². The van der Waals surface area contributed by atoms with Gasteiger partial charge in [-0.15, -0.1) is 0 Å². The summed E-state index contributed by atoms with van der Waals surface area (Å²) in [5, 5.41) is 15.7. The Morgan fingerprint density at radius 3 is 2.69 bits per heavy atom. The van der Waals surface area contributed by atoms with Crippen molar-refractivity contribution < 1.29 is 4.79 Å². The highest BCUT2D eigenvalue weighted by molar-refractivity contribution is 8.26. The lowest BCUT2D eigenvalue weighted by atomic mass is 10.1. The standard InChI is InChI=1S/C22H23N5OS/c1-6-19-25-27-20(23)17(21(28)24-22(27)29-19)11-16-10-13(3)26(15(16)5)18-9-7-8-12(2)14(18)4/h7-11,23H,6H2,1-5H3/b17-11+,23-20?. The molecular formula is C22H23N5OS. The summed E-state index contributed by atoms with van der Waals surface area (Å²) in [6.45, 7) is 10.3. The number of carbonyl (C=O) groups excluding carboxylic acids is 1. The van der Waals surface area contributed by atoms with Gasteiger partial charge in [-0.05, 0) is 80.8 Å². The van der Waals surface area contributed by atoms with Crippen LogP contribution in [0, 0.1) is 33.1 Å². The fourth-order valence-electron chi connectivity index (χ4n) is 3.61. The van der Waals surface area contributed by atoms with E-state index < -0.39 is 5.91 Å². The molecule has 0 bridgehead atoms. The van der Waals surface area contributed by atoms with Crippen LogP contribution in [0.1, 0.15) is 41.4 Å². The number of hydrogen-bond donors (Lipinski definition) is 1. The molecule has 29 heavy (non-hydrogen) atoms. The lowest BCUT2D eigenvalue weighted by Gasteiger charge is -2.20. The SMILES string of the molecule is CCC1=NN2C(=N)/C(=C\c3cc(C)n(-c4cccc(C)c4C)c3C)C(=O)N=C2S1. The van der Waals surface area contributed by atoms with E-state index in [0.29, 0.717) is 5.17 Å². The molecule has 2 aromatic rings. The van der Waals surface area contributed by atoms with Crippen molar-refractivity contribution in [2.45, 2.75) is 41.0 Å². The quantitative estimate of drug-likeness (QED) is 0.750. The molecular weight excluding hydrogens is 382 g/mol. The Hall–Kier alpha value is -2.93. The molecule has 1 amide bonds. The number of hydrogen-bond acceptors (Lipinski definition) is 4. The third-order valence-corrected chi connectivity index (χ3v) is 6.44. The highest BCUT2D eigenvalue weighted by Crippen LogP contribution is 2.31. The number of aryl methyl sites for hydroxylation is 2. The van der Waals surface area contributed by atoms with Crippen LogP contribution < -0.4 is 0 Å². The second-order valence-electron chi connectivity index (χ2n) is 7.25. The lowest BCUT2D eigenvalue weighted by molar-refractivity contribution is -0.114. The molecule has 2 aliphatic heterocycles. The van der Waals surface area contributed by atoms with E-state index in [1.54, 1.807) is 6.08 Å². The molecule has 6 nitrogen and oxygen atoms in total. The minimum absolute atomic E-state index is 0.0764. The van der Waals surface area contributed by atoms with Gasteiger partial charge < -0.3 is 4.57 Å². The Bertz CT molecular complexity index is 1150. The van der Waals surface area contributed by atoms with Gasteiger partial charge in [0.2, 0.25) is 5.17 Å². The topological polar surface area (TPSA) is 73.8 Å². The Balaban J connectivity index is 1.78. The van der Waals surface area contributed by atoms with Crippen LogP contribution in [0.2, 0.25) is 0 Å². The zero-order valence-electron chi connectivity index (χ0n) is 17.2. The first-order valence-electron chi connectivity index (χ1n) is 9.56. The maximum absolute atomic E-state index is 12.6. The fourth-order valence-corrected chi connectivity index (χ4v) is 4.44. The average molecular weight is 406 g/mol. The van der Waals surface area contributed by atoms with Gasteiger partial charge in [0.05, 0.1) is 5.57 Å². The first-order chi connectivity index (χ1) is 13.8. The summed E-state index contributed by atoms with van der Waals surface area (Å²) in [6, 6.07) is 8.31. The van der Waals surface area contributed by atoms with Crippen LogP contribution in [-0.4, -0.2) is 31.5 Å². The predicted molar refractivity (Wildman–Crippen MR) is 120 cm³/mol. The molecule has 0 fully saturated rings. The summed E-state index contributed by atoms with van der Waals surface area (Å²) in [5.74, 6) is -0.315. The van der Waals surface area contributed by atoms with E-state index >= 15 is 0 Å². The van der Waals surface area contributed by atoms with Crippen LogP contribution >= 0.6 is 11.8 Å². The Labute approximate surface area is 174 Å². The van der Waals surface area contributed by atoms with Gasteiger partial charge in [0, 0.05) is 17.1 Å². The highest BCUT2D eigenvalue weighted by atomic mass is 32.2. The van der Waals surface area contributed by atoms with Crippen molar-refractivity contribution in [3.05, 3.63) is 57.9 Å². The third kappa shape index (κ3) is 3.15. The number of thioether (sulfide) groups is 1. The largest absolute Gasteiger partial charge is 0.318 e. The number of fused-ring (bicyclic) bond motifs is 1. The molecule has 4 rings (SSSR count). The number of hydrazone groups is 1. The lowest BCUT2D eigenvalue weighted by Crippen LogP contribution is -2.35. The number of benzene rings is 1. The van der Waals surface area contributed by atoms with E-state index in [-0.39, 0.29) is 11.4 Å². The number of nitrogens with zero attached hydrogens (tertiary/aromatic N) is 4. The number of carbonyl (C=O) groups is 1. The van der Waals surface area contributed by atoms with Crippen molar-refractivity contribution in [3.63, 3.8) is 0 Å². The summed E-state index contributed by atoms with van der Waals surface area (Å²) < 4.78 is 2.19. The molecule has 0 saturated carbocycles. The van der Waals surface area contributed by atoms with E-state index in [2.05, 4.69) is 53.6 Å². The molecule has 0 saturated heterocycles. The first-order valence-corrected chi connectivity index (χ1v) is 10.4. The smallest absolute Gasteiger partial charge is 0.283 e. The van der Waals surface area contributed by atoms with Gasteiger partial charge >= 0.3 is 0 Å². The minimum Gasteiger partial charge on any atom is -0.318 e. The van der Waals surface area contributed by atoms with Gasteiger partial charge in [-0.1, -0.05) is 19.1 Å². The molecule has 0 atom stereocenters.